The molecule has 4 heteroatoms. The van der Waals surface area contributed by atoms with Crippen LogP contribution in [0.4, 0.5) is 34.1 Å². The average molecular weight is 927 g/mol. The van der Waals surface area contributed by atoms with Crippen molar-refractivity contribution in [3.05, 3.63) is 259 Å². The molecule has 4 nitrogen and oxygen atoms in total. The third kappa shape index (κ3) is 6.55. The van der Waals surface area contributed by atoms with Gasteiger partial charge in [-0.1, -0.05) is 222 Å². The van der Waals surface area contributed by atoms with Crippen LogP contribution in [0.15, 0.2) is 237 Å². The average Bonchev–Trinajstić information content (AvgIpc) is 3.77. The fourth-order valence-electron chi connectivity index (χ4n) is 12.2. The number of fused-ring (bicyclic) bond motifs is 5. The number of rotatable bonds is 7. The molecule has 2 aliphatic rings. The van der Waals surface area contributed by atoms with E-state index in [1.54, 1.807) is 0 Å². The highest BCUT2D eigenvalue weighted by Gasteiger charge is 2.44. The maximum Gasteiger partial charge on any atom is 0.140 e. The van der Waals surface area contributed by atoms with E-state index in [2.05, 4.69) is 286 Å². The van der Waals surface area contributed by atoms with E-state index in [1.165, 1.54) is 22.3 Å². The smallest absolute Gasteiger partial charge is 0.140 e. The molecule has 346 valence electrons. The SMILES string of the molecule is Cn1c(-c2cccc(-c3c(-c4ccccc4)c(-c4ccccc4)c(-c4ccccc4)c(N4c5ccccc5C(C)(C)c5ccccc54)c3N3c4ccccc4C(C)(C)c4ccccc43)c2)nc2ccccc21. The topological polar surface area (TPSA) is 24.3 Å². The van der Waals surface area contributed by atoms with Gasteiger partial charge in [-0.3, -0.25) is 0 Å². The highest BCUT2D eigenvalue weighted by molar-refractivity contribution is 6.18. The molecule has 0 saturated carbocycles. The summed E-state index contributed by atoms with van der Waals surface area (Å²) in [5.74, 6) is 0.918. The van der Waals surface area contributed by atoms with Gasteiger partial charge in [-0.05, 0) is 87.0 Å². The standard InChI is InChI=1S/C68H54N4/c1-67(2)50-34-15-20-39-55(50)71(56-40-21-16-35-51(56)67)64-62(47-30-13-8-14-31-47)60(45-26-9-6-10-27-45)61(46-28-11-7-12-29-46)63(48-32-25-33-49(44-48)66-69-54-38-19-24-43-59(54)70(66)5)65(64)72-57-41-22-17-36-52(57)68(3,4)53-37-18-23-42-58(53)72/h6-44H,1-5H3. The largest absolute Gasteiger partial charge is 0.327 e. The summed E-state index contributed by atoms with van der Waals surface area (Å²) in [5, 5.41) is 0. The van der Waals surface area contributed by atoms with Crippen LogP contribution < -0.4 is 9.80 Å². The number of hydrogen-bond acceptors (Lipinski definition) is 3. The zero-order valence-corrected chi connectivity index (χ0v) is 41.3. The third-order valence-corrected chi connectivity index (χ3v) is 15.6. The summed E-state index contributed by atoms with van der Waals surface area (Å²) in [4.78, 5) is 10.6. The summed E-state index contributed by atoms with van der Waals surface area (Å²) in [7, 11) is 2.13. The first-order chi connectivity index (χ1) is 35.2. The molecule has 72 heavy (non-hydrogen) atoms. The van der Waals surface area contributed by atoms with Gasteiger partial charge in [0.1, 0.15) is 5.82 Å². The Kier molecular flexibility index (Phi) is 10.1. The Morgan fingerprint density at radius 2 is 0.653 bits per heavy atom. The van der Waals surface area contributed by atoms with Gasteiger partial charge < -0.3 is 14.4 Å². The van der Waals surface area contributed by atoms with Crippen molar-refractivity contribution in [2.24, 2.45) is 7.05 Å². The van der Waals surface area contributed by atoms with Crippen molar-refractivity contribution in [2.75, 3.05) is 9.80 Å². The van der Waals surface area contributed by atoms with E-state index in [0.717, 1.165) is 101 Å². The number of benzene rings is 10. The molecule has 0 unspecified atom stereocenters. The normalized spacial score (nSPS) is 14.1. The molecule has 0 saturated heterocycles. The molecule has 13 rings (SSSR count). The van der Waals surface area contributed by atoms with Gasteiger partial charge in [-0.2, -0.15) is 0 Å². The first kappa shape index (κ1) is 43.3. The van der Waals surface area contributed by atoms with E-state index in [1.807, 2.05) is 0 Å². The van der Waals surface area contributed by atoms with Crippen molar-refractivity contribution in [1.82, 2.24) is 9.55 Å². The van der Waals surface area contributed by atoms with Crippen LogP contribution in [0.2, 0.25) is 0 Å². The lowest BCUT2D eigenvalue weighted by Gasteiger charge is -2.47. The van der Waals surface area contributed by atoms with E-state index >= 15 is 0 Å². The van der Waals surface area contributed by atoms with E-state index in [4.69, 9.17) is 4.98 Å². The second-order valence-corrected chi connectivity index (χ2v) is 20.3. The van der Waals surface area contributed by atoms with Crippen LogP contribution in [0.5, 0.6) is 0 Å². The van der Waals surface area contributed by atoms with Gasteiger partial charge in [-0.25, -0.2) is 4.98 Å². The molecule has 0 atom stereocenters. The minimum absolute atomic E-state index is 0.292. The number of aryl methyl sites for hydroxylation is 1. The molecule has 0 bridgehead atoms. The van der Waals surface area contributed by atoms with Crippen LogP contribution in [0.25, 0.3) is 66.9 Å². The lowest BCUT2D eigenvalue weighted by Crippen LogP contribution is -2.33. The summed E-state index contributed by atoms with van der Waals surface area (Å²) >= 11 is 0. The summed E-state index contributed by atoms with van der Waals surface area (Å²) in [6.07, 6.45) is 0. The summed E-state index contributed by atoms with van der Waals surface area (Å²) < 4.78 is 2.23. The van der Waals surface area contributed by atoms with E-state index in [-0.39, 0.29) is 10.8 Å². The van der Waals surface area contributed by atoms with Gasteiger partial charge in [0, 0.05) is 45.7 Å². The van der Waals surface area contributed by atoms with Crippen LogP contribution >= 0.6 is 0 Å². The van der Waals surface area contributed by atoms with E-state index in [0.29, 0.717) is 0 Å². The fourth-order valence-corrected chi connectivity index (χ4v) is 12.2. The number of para-hydroxylation sites is 6. The van der Waals surface area contributed by atoms with Crippen LogP contribution in [-0.2, 0) is 17.9 Å². The van der Waals surface area contributed by atoms with E-state index < -0.39 is 0 Å². The minimum Gasteiger partial charge on any atom is -0.327 e. The Labute approximate surface area is 422 Å². The predicted molar refractivity (Wildman–Crippen MR) is 302 cm³/mol. The van der Waals surface area contributed by atoms with Crippen LogP contribution in [-0.4, -0.2) is 9.55 Å². The molecule has 0 amide bonds. The van der Waals surface area contributed by atoms with Crippen molar-refractivity contribution in [1.29, 1.82) is 0 Å². The van der Waals surface area contributed by atoms with Crippen LogP contribution in [0.3, 0.4) is 0 Å². The zero-order valence-electron chi connectivity index (χ0n) is 41.3. The molecule has 0 radical (unpaired) electrons. The van der Waals surface area contributed by atoms with Crippen molar-refractivity contribution < 1.29 is 0 Å². The van der Waals surface area contributed by atoms with Gasteiger partial charge in [0.2, 0.25) is 0 Å². The van der Waals surface area contributed by atoms with Crippen molar-refractivity contribution in [3.63, 3.8) is 0 Å². The third-order valence-electron chi connectivity index (χ3n) is 15.6. The van der Waals surface area contributed by atoms with Crippen molar-refractivity contribution in [2.45, 2.75) is 38.5 Å². The molecule has 0 aliphatic carbocycles. The van der Waals surface area contributed by atoms with Gasteiger partial charge >= 0.3 is 0 Å². The Hall–Kier alpha value is -8.73. The van der Waals surface area contributed by atoms with E-state index in [9.17, 15) is 0 Å². The van der Waals surface area contributed by atoms with Gasteiger partial charge in [0.25, 0.3) is 0 Å². The number of imidazole rings is 1. The monoisotopic (exact) mass is 926 g/mol. The molecule has 3 heterocycles. The van der Waals surface area contributed by atoms with Crippen LogP contribution in [0.1, 0.15) is 49.9 Å². The first-order valence-electron chi connectivity index (χ1n) is 25.1. The van der Waals surface area contributed by atoms with Crippen molar-refractivity contribution >= 4 is 45.2 Å². The van der Waals surface area contributed by atoms with Gasteiger partial charge in [0.15, 0.2) is 0 Å². The molecule has 11 aromatic rings. The number of hydrogen-bond donors (Lipinski definition) is 0. The quantitative estimate of drug-likeness (QED) is 0.159. The van der Waals surface area contributed by atoms with Gasteiger partial charge in [-0.15, -0.1) is 0 Å². The highest BCUT2D eigenvalue weighted by Crippen LogP contribution is 2.65. The number of anilines is 6. The molecule has 10 aromatic carbocycles. The van der Waals surface area contributed by atoms with Crippen LogP contribution in [0, 0.1) is 0 Å². The number of aromatic nitrogens is 2. The first-order valence-corrected chi connectivity index (χ1v) is 25.1. The Bertz CT molecular complexity index is 3780. The highest BCUT2D eigenvalue weighted by atomic mass is 15.2. The summed E-state index contributed by atoms with van der Waals surface area (Å²) in [5.41, 5.74) is 23.5. The maximum atomic E-state index is 5.30. The lowest BCUT2D eigenvalue weighted by molar-refractivity contribution is 0.630. The molecular formula is C68H54N4. The summed E-state index contributed by atoms with van der Waals surface area (Å²) in [6.45, 7) is 9.53. The fraction of sp³-hybridized carbons (Fsp3) is 0.103. The zero-order chi connectivity index (χ0) is 48.7. The minimum atomic E-state index is -0.299. The molecule has 1 aromatic heterocycles. The maximum absolute atomic E-state index is 5.30. The Morgan fingerprint density at radius 3 is 1.08 bits per heavy atom. The molecule has 0 N–H and O–H groups in total. The Morgan fingerprint density at radius 1 is 0.319 bits per heavy atom. The molecular weight excluding hydrogens is 873 g/mol. The Balaban J connectivity index is 1.32. The summed E-state index contributed by atoms with van der Waals surface area (Å²) in [6, 6.07) is 87.3. The predicted octanol–water partition coefficient (Wildman–Crippen LogP) is 18.1. The molecule has 2 aliphatic heterocycles. The van der Waals surface area contributed by atoms with Crippen molar-refractivity contribution in [3.8, 4) is 55.9 Å². The second-order valence-electron chi connectivity index (χ2n) is 20.3. The molecule has 0 fully saturated rings. The lowest BCUT2D eigenvalue weighted by atomic mass is 9.72. The second kappa shape index (κ2) is 16.7. The molecule has 0 spiro atoms. The number of nitrogens with zero attached hydrogens (tertiary/aromatic N) is 4. The van der Waals surface area contributed by atoms with Gasteiger partial charge in [0.05, 0.1) is 45.2 Å².